The van der Waals surface area contributed by atoms with Crippen molar-refractivity contribution in [1.82, 2.24) is 0 Å². The Balaban J connectivity index is 0. The van der Waals surface area contributed by atoms with E-state index < -0.39 is 41.3 Å². The van der Waals surface area contributed by atoms with Gasteiger partial charge in [-0.1, -0.05) is 0 Å². The van der Waals surface area contributed by atoms with E-state index in [1.54, 1.807) is 0 Å². The van der Waals surface area contributed by atoms with Crippen LogP contribution in [0.1, 0.15) is 12.8 Å². The maximum absolute atomic E-state index is 12.6. The topological polar surface area (TPSA) is 57.2 Å². The molecule has 0 aromatic carbocycles. The molecule has 0 saturated carbocycles. The van der Waals surface area contributed by atoms with E-state index in [0.717, 1.165) is 0 Å². The molecule has 0 heterocycles. The first-order valence-corrected chi connectivity index (χ1v) is 5.22. The van der Waals surface area contributed by atoms with Gasteiger partial charge in [0.25, 0.3) is 0 Å². The molecule has 0 radical (unpaired) electrons. The van der Waals surface area contributed by atoms with Crippen LogP contribution in [0.4, 0.5) is 13.2 Å². The van der Waals surface area contributed by atoms with Crippen LogP contribution in [0.3, 0.4) is 0 Å². The molecule has 80 valence electrons. The van der Waals surface area contributed by atoms with E-state index in [1.165, 1.54) is 0 Å². The SMILES string of the molecule is O=S(=O)([O-])CC(F)C(F)CCCF.[K+]. The van der Waals surface area contributed by atoms with E-state index in [1.807, 2.05) is 0 Å². The van der Waals surface area contributed by atoms with Crippen LogP contribution < -0.4 is 51.4 Å². The van der Waals surface area contributed by atoms with E-state index in [0.29, 0.717) is 0 Å². The minimum atomic E-state index is -4.75. The molecule has 8 heteroatoms. The zero-order valence-electron chi connectivity index (χ0n) is 7.75. The summed E-state index contributed by atoms with van der Waals surface area (Å²) in [7, 11) is -4.75. The van der Waals surface area contributed by atoms with Crippen molar-refractivity contribution >= 4 is 10.1 Å². The van der Waals surface area contributed by atoms with Crippen LogP contribution in [0.25, 0.3) is 0 Å². The van der Waals surface area contributed by atoms with Crippen molar-refractivity contribution in [3.63, 3.8) is 0 Å². The van der Waals surface area contributed by atoms with E-state index >= 15 is 0 Å². The molecular weight excluding hydrogens is 248 g/mol. The van der Waals surface area contributed by atoms with Gasteiger partial charge in [-0.05, 0) is 12.8 Å². The fraction of sp³-hybridized carbons (Fsp3) is 1.00. The van der Waals surface area contributed by atoms with Gasteiger partial charge in [0.05, 0.1) is 22.5 Å². The zero-order valence-corrected chi connectivity index (χ0v) is 11.7. The Bertz CT molecular complexity index is 234. The van der Waals surface area contributed by atoms with Gasteiger partial charge >= 0.3 is 51.4 Å². The largest absolute Gasteiger partial charge is 1.00 e. The van der Waals surface area contributed by atoms with Gasteiger partial charge in [0.1, 0.15) is 12.3 Å². The minimum Gasteiger partial charge on any atom is -0.748 e. The van der Waals surface area contributed by atoms with Gasteiger partial charge in [0.2, 0.25) is 0 Å². The molecule has 0 aromatic heterocycles. The van der Waals surface area contributed by atoms with Gasteiger partial charge in [-0.15, -0.1) is 0 Å². The standard InChI is InChI=1S/C6H11F3O3S.K/c7-3-1-2-5(8)6(9)4-13(10,11)12;/h5-6H,1-4H2,(H,10,11,12);/q;+1/p-1. The fourth-order valence-electron chi connectivity index (χ4n) is 0.752. The summed E-state index contributed by atoms with van der Waals surface area (Å²) in [6, 6.07) is 0. The van der Waals surface area contributed by atoms with Crippen molar-refractivity contribution in [3.8, 4) is 0 Å². The molecule has 0 amide bonds. The molecule has 0 rings (SSSR count). The van der Waals surface area contributed by atoms with Crippen molar-refractivity contribution in [2.45, 2.75) is 25.2 Å². The van der Waals surface area contributed by atoms with Crippen LogP contribution in [-0.4, -0.2) is 37.7 Å². The second-order valence-corrected chi connectivity index (χ2v) is 4.04. The third kappa shape index (κ3) is 9.87. The average Bonchev–Trinajstić information content (AvgIpc) is 1.96. The summed E-state index contributed by atoms with van der Waals surface area (Å²) >= 11 is 0. The van der Waals surface area contributed by atoms with E-state index in [-0.39, 0.29) is 57.8 Å². The van der Waals surface area contributed by atoms with Crippen LogP contribution >= 0.6 is 0 Å². The normalized spacial score (nSPS) is 15.7. The van der Waals surface area contributed by atoms with E-state index in [2.05, 4.69) is 0 Å². The summed E-state index contributed by atoms with van der Waals surface area (Å²) in [5, 5.41) is 0. The van der Waals surface area contributed by atoms with E-state index in [9.17, 15) is 26.1 Å². The van der Waals surface area contributed by atoms with Gasteiger partial charge in [-0.2, -0.15) is 0 Å². The summed E-state index contributed by atoms with van der Waals surface area (Å²) in [5.74, 6) is -1.39. The van der Waals surface area contributed by atoms with Gasteiger partial charge in [-0.3, -0.25) is 4.39 Å². The number of alkyl halides is 3. The van der Waals surface area contributed by atoms with Gasteiger partial charge in [-0.25, -0.2) is 17.2 Å². The number of halogens is 3. The molecule has 14 heavy (non-hydrogen) atoms. The van der Waals surface area contributed by atoms with Crippen molar-refractivity contribution in [2.24, 2.45) is 0 Å². The van der Waals surface area contributed by atoms with E-state index in [4.69, 9.17) is 0 Å². The molecule has 0 N–H and O–H groups in total. The third-order valence-electron chi connectivity index (χ3n) is 1.37. The molecule has 0 aromatic rings. The first kappa shape index (κ1) is 17.7. The summed E-state index contributed by atoms with van der Waals surface area (Å²) in [6.07, 6.45) is -5.03. The molecule has 0 saturated heterocycles. The summed E-state index contributed by atoms with van der Waals surface area (Å²) in [5.41, 5.74) is 0. The van der Waals surface area contributed by atoms with Crippen LogP contribution in [0.5, 0.6) is 0 Å². The molecular formula is C6H10F3KO3S. The molecule has 0 spiro atoms. The first-order valence-electron chi connectivity index (χ1n) is 3.64. The number of hydrogen-bond acceptors (Lipinski definition) is 3. The quantitative estimate of drug-likeness (QED) is 0.407. The molecule has 0 fully saturated rings. The molecule has 0 aliphatic rings. The van der Waals surface area contributed by atoms with Crippen molar-refractivity contribution in [2.75, 3.05) is 12.4 Å². The van der Waals surface area contributed by atoms with Crippen LogP contribution in [-0.2, 0) is 10.1 Å². The number of rotatable bonds is 6. The molecule has 2 unspecified atom stereocenters. The molecule has 0 aliphatic carbocycles. The Kier molecular flexibility index (Phi) is 10.7. The third-order valence-corrected chi connectivity index (χ3v) is 2.10. The molecule has 0 bridgehead atoms. The van der Waals surface area contributed by atoms with Crippen molar-refractivity contribution < 1.29 is 77.5 Å². The van der Waals surface area contributed by atoms with Gasteiger partial charge in [0, 0.05) is 0 Å². The molecule has 2 atom stereocenters. The second kappa shape index (κ2) is 8.48. The summed E-state index contributed by atoms with van der Waals surface area (Å²) in [4.78, 5) is 0. The van der Waals surface area contributed by atoms with Crippen LogP contribution in [0, 0.1) is 0 Å². The van der Waals surface area contributed by atoms with Crippen molar-refractivity contribution in [1.29, 1.82) is 0 Å². The predicted molar refractivity (Wildman–Crippen MR) is 39.6 cm³/mol. The minimum absolute atomic E-state index is 0. The Morgan fingerprint density at radius 1 is 1.21 bits per heavy atom. The Morgan fingerprint density at radius 3 is 2.07 bits per heavy atom. The second-order valence-electron chi connectivity index (χ2n) is 2.59. The molecule has 3 nitrogen and oxygen atoms in total. The van der Waals surface area contributed by atoms with Crippen LogP contribution in [0.2, 0.25) is 0 Å². The smallest absolute Gasteiger partial charge is 0.748 e. The summed E-state index contributed by atoms with van der Waals surface area (Å²) < 4.78 is 66.5. The predicted octanol–water partition coefficient (Wildman–Crippen LogP) is -2.04. The van der Waals surface area contributed by atoms with Gasteiger partial charge in [0.15, 0.2) is 0 Å². The maximum Gasteiger partial charge on any atom is 1.00 e. The van der Waals surface area contributed by atoms with Crippen LogP contribution in [0.15, 0.2) is 0 Å². The maximum atomic E-state index is 12.6. The zero-order chi connectivity index (χ0) is 10.5. The average molecular weight is 258 g/mol. The Hall–Kier alpha value is 1.34. The Morgan fingerprint density at radius 2 is 1.71 bits per heavy atom. The monoisotopic (exact) mass is 258 g/mol. The Labute approximate surface area is 124 Å². The van der Waals surface area contributed by atoms with Gasteiger partial charge < -0.3 is 4.55 Å². The first-order chi connectivity index (χ1) is 5.87. The summed E-state index contributed by atoms with van der Waals surface area (Å²) in [6.45, 7) is -0.794. The fourth-order valence-corrected chi connectivity index (χ4v) is 1.35. The number of hydrogen-bond donors (Lipinski definition) is 0. The molecule has 0 aliphatic heterocycles. The van der Waals surface area contributed by atoms with Crippen molar-refractivity contribution in [3.05, 3.63) is 0 Å².